The first-order chi connectivity index (χ1) is 14.3. The first-order valence-corrected chi connectivity index (χ1v) is 10.9. The molecule has 4 rings (SSSR count). The van der Waals surface area contributed by atoms with Crippen molar-refractivity contribution in [1.82, 2.24) is 4.90 Å². The van der Waals surface area contributed by atoms with Crippen molar-refractivity contribution in [3.05, 3.63) is 65.9 Å². The van der Waals surface area contributed by atoms with Gasteiger partial charge in [0.1, 0.15) is 5.70 Å². The molecular weight excluding hydrogens is 406 g/mol. The molecule has 0 spiro atoms. The number of amides is 2. The first kappa shape index (κ1) is 20.1. The molecule has 2 amide bonds. The van der Waals surface area contributed by atoms with Crippen LogP contribution >= 0.6 is 0 Å². The number of benzene rings is 2. The molecule has 156 valence electrons. The average Bonchev–Trinajstić information content (AvgIpc) is 3.19. The minimum absolute atomic E-state index is 0.0751. The van der Waals surface area contributed by atoms with E-state index in [1.165, 1.54) is 16.4 Å². The summed E-state index contributed by atoms with van der Waals surface area (Å²) in [5.41, 5.74) is 2.24. The van der Waals surface area contributed by atoms with E-state index in [1.54, 1.807) is 18.2 Å². The number of β-amino-alcohol motifs (C(OH)–C–C–N with tert-alkyl or cyclic N) is 1. The van der Waals surface area contributed by atoms with Gasteiger partial charge >= 0.3 is 0 Å². The lowest BCUT2D eigenvalue weighted by molar-refractivity contribution is -0.137. The van der Waals surface area contributed by atoms with Crippen LogP contribution in [0.2, 0.25) is 0 Å². The summed E-state index contributed by atoms with van der Waals surface area (Å²) in [5, 5.41) is 11.8. The van der Waals surface area contributed by atoms with Gasteiger partial charge in [-0.1, -0.05) is 18.2 Å². The van der Waals surface area contributed by atoms with E-state index in [4.69, 9.17) is 5.11 Å². The molecule has 8 nitrogen and oxygen atoms in total. The number of nitrogens with one attached hydrogen (secondary N) is 1. The molecule has 0 radical (unpaired) electrons. The first-order valence-electron chi connectivity index (χ1n) is 9.50. The molecule has 30 heavy (non-hydrogen) atoms. The highest BCUT2D eigenvalue weighted by atomic mass is 32.2. The number of carbonyl (C=O) groups is 2. The Kier molecular flexibility index (Phi) is 5.08. The van der Waals surface area contributed by atoms with Crippen molar-refractivity contribution in [1.29, 1.82) is 0 Å². The molecule has 2 aliphatic rings. The number of nitrogens with zero attached hydrogens (tertiary/aromatic N) is 2. The molecule has 2 aliphatic heterocycles. The van der Waals surface area contributed by atoms with Gasteiger partial charge in [0.2, 0.25) is 0 Å². The van der Waals surface area contributed by atoms with Crippen LogP contribution in [0.1, 0.15) is 12.5 Å². The number of para-hydroxylation sites is 1. The Morgan fingerprint density at radius 1 is 1.10 bits per heavy atom. The molecule has 0 fully saturated rings. The number of aliphatic hydroxyl groups excluding tert-OH is 1. The molecule has 0 aromatic heterocycles. The quantitative estimate of drug-likeness (QED) is 0.677. The number of hydrogen-bond acceptors (Lipinski definition) is 6. The van der Waals surface area contributed by atoms with Gasteiger partial charge in [0, 0.05) is 17.8 Å². The van der Waals surface area contributed by atoms with Crippen molar-refractivity contribution in [2.45, 2.75) is 24.3 Å². The van der Waals surface area contributed by atoms with Crippen LogP contribution < -0.4 is 9.62 Å². The van der Waals surface area contributed by atoms with Gasteiger partial charge < -0.3 is 10.4 Å². The van der Waals surface area contributed by atoms with Crippen molar-refractivity contribution < 1.29 is 23.1 Å². The van der Waals surface area contributed by atoms with Crippen molar-refractivity contribution in [3.63, 3.8) is 0 Å². The Morgan fingerprint density at radius 2 is 1.80 bits per heavy atom. The number of anilines is 2. The predicted octanol–water partition coefficient (Wildman–Crippen LogP) is 1.48. The summed E-state index contributed by atoms with van der Waals surface area (Å²) in [4.78, 5) is 25.1. The van der Waals surface area contributed by atoms with Crippen molar-refractivity contribution in [3.8, 4) is 0 Å². The van der Waals surface area contributed by atoms with E-state index in [0.717, 1.165) is 16.5 Å². The number of carbonyl (C=O) groups excluding carboxylic acids is 2. The van der Waals surface area contributed by atoms with E-state index in [1.807, 2.05) is 25.1 Å². The van der Waals surface area contributed by atoms with Gasteiger partial charge in [0.25, 0.3) is 21.8 Å². The van der Waals surface area contributed by atoms with E-state index in [0.29, 0.717) is 17.8 Å². The fourth-order valence-electron chi connectivity index (χ4n) is 3.79. The average molecular weight is 427 g/mol. The summed E-state index contributed by atoms with van der Waals surface area (Å²) < 4.78 is 27.9. The third-order valence-electron chi connectivity index (χ3n) is 5.17. The Morgan fingerprint density at radius 3 is 2.50 bits per heavy atom. The lowest BCUT2D eigenvalue weighted by Crippen LogP contribution is -2.35. The topological polar surface area (TPSA) is 107 Å². The lowest BCUT2D eigenvalue weighted by Gasteiger charge is -2.24. The summed E-state index contributed by atoms with van der Waals surface area (Å²) >= 11 is 0. The molecule has 0 aliphatic carbocycles. The van der Waals surface area contributed by atoms with Crippen LogP contribution in [0.5, 0.6) is 0 Å². The highest BCUT2D eigenvalue weighted by molar-refractivity contribution is 7.92. The number of fused-ring (bicyclic) bond motifs is 1. The Labute approximate surface area is 174 Å². The smallest absolute Gasteiger partial charge is 0.277 e. The fourth-order valence-corrected chi connectivity index (χ4v) is 5.49. The van der Waals surface area contributed by atoms with E-state index in [9.17, 15) is 18.0 Å². The molecule has 0 saturated carbocycles. The number of rotatable bonds is 6. The van der Waals surface area contributed by atoms with Crippen LogP contribution in [0.4, 0.5) is 11.4 Å². The molecule has 1 atom stereocenters. The zero-order valence-electron chi connectivity index (χ0n) is 16.3. The number of imide groups is 1. The van der Waals surface area contributed by atoms with Gasteiger partial charge in [0.15, 0.2) is 0 Å². The predicted molar refractivity (Wildman–Crippen MR) is 111 cm³/mol. The Balaban J connectivity index is 1.55. The van der Waals surface area contributed by atoms with Crippen LogP contribution in [0.25, 0.3) is 0 Å². The van der Waals surface area contributed by atoms with E-state index < -0.39 is 21.8 Å². The van der Waals surface area contributed by atoms with Gasteiger partial charge in [-0.3, -0.25) is 18.8 Å². The summed E-state index contributed by atoms with van der Waals surface area (Å²) in [6.07, 6.45) is 1.81. The minimum Gasteiger partial charge on any atom is -0.395 e. The second-order valence-corrected chi connectivity index (χ2v) is 9.02. The Hall–Kier alpha value is -3.17. The van der Waals surface area contributed by atoms with Crippen LogP contribution in [-0.4, -0.2) is 49.4 Å². The molecule has 1 unspecified atom stereocenters. The standard InChI is InChI=1S/C21H21N3O5S/c1-14-12-15-4-2-3-5-19(15)24(14)30(28,29)17-8-6-16(7-9-17)22-18-13-20(26)23(10-11-25)21(18)27/h2-9,13-14,22,25H,10-12H2,1H3. The maximum Gasteiger partial charge on any atom is 0.277 e. The normalized spacial score (nSPS) is 18.6. The van der Waals surface area contributed by atoms with Gasteiger partial charge in [-0.2, -0.15) is 0 Å². The van der Waals surface area contributed by atoms with Crippen LogP contribution in [0, 0.1) is 0 Å². The SMILES string of the molecule is CC1Cc2ccccc2N1S(=O)(=O)c1ccc(NC2=CC(=O)N(CCO)C2=O)cc1. The molecule has 2 heterocycles. The van der Waals surface area contributed by atoms with Gasteiger partial charge in [0.05, 0.1) is 23.7 Å². The van der Waals surface area contributed by atoms with E-state index >= 15 is 0 Å². The third-order valence-corrected chi connectivity index (χ3v) is 7.11. The molecule has 9 heteroatoms. The molecular formula is C21H21N3O5S. The maximum atomic E-state index is 13.2. The molecule has 0 bridgehead atoms. The molecule has 0 saturated heterocycles. The van der Waals surface area contributed by atoms with Crippen molar-refractivity contribution in [2.24, 2.45) is 0 Å². The van der Waals surface area contributed by atoms with Crippen LogP contribution in [0.3, 0.4) is 0 Å². The second-order valence-electron chi connectivity index (χ2n) is 7.21. The van der Waals surface area contributed by atoms with Gasteiger partial charge in [-0.15, -0.1) is 0 Å². The number of sulfonamides is 1. The highest BCUT2D eigenvalue weighted by Gasteiger charge is 2.36. The summed E-state index contributed by atoms with van der Waals surface area (Å²) in [6, 6.07) is 13.3. The van der Waals surface area contributed by atoms with Crippen LogP contribution in [0.15, 0.2) is 65.2 Å². The summed E-state index contributed by atoms with van der Waals surface area (Å²) in [7, 11) is -3.75. The zero-order valence-corrected chi connectivity index (χ0v) is 17.1. The number of hydrogen-bond donors (Lipinski definition) is 2. The monoisotopic (exact) mass is 427 g/mol. The Bertz CT molecular complexity index is 1140. The number of aliphatic hydroxyl groups is 1. The van der Waals surface area contributed by atoms with Gasteiger partial charge in [-0.25, -0.2) is 8.42 Å². The van der Waals surface area contributed by atoms with Crippen molar-refractivity contribution in [2.75, 3.05) is 22.8 Å². The molecule has 2 aromatic carbocycles. The van der Waals surface area contributed by atoms with Crippen LogP contribution in [-0.2, 0) is 26.0 Å². The van der Waals surface area contributed by atoms with E-state index in [-0.39, 0.29) is 29.8 Å². The maximum absolute atomic E-state index is 13.2. The zero-order chi connectivity index (χ0) is 21.5. The van der Waals surface area contributed by atoms with E-state index in [2.05, 4.69) is 5.32 Å². The third kappa shape index (κ3) is 3.35. The lowest BCUT2D eigenvalue weighted by atomic mass is 10.1. The molecule has 2 aromatic rings. The van der Waals surface area contributed by atoms with Crippen molar-refractivity contribution >= 4 is 33.2 Å². The second kappa shape index (κ2) is 7.58. The van der Waals surface area contributed by atoms with Gasteiger partial charge in [-0.05, 0) is 49.2 Å². The summed E-state index contributed by atoms with van der Waals surface area (Å²) in [6.45, 7) is 1.48. The molecule has 2 N–H and O–H groups in total. The highest BCUT2D eigenvalue weighted by Crippen LogP contribution is 2.36. The fraction of sp³-hybridized carbons (Fsp3) is 0.238. The largest absolute Gasteiger partial charge is 0.395 e. The summed E-state index contributed by atoms with van der Waals surface area (Å²) in [5.74, 6) is -1.04. The minimum atomic E-state index is -3.75.